The first kappa shape index (κ1) is 21.8. The molecule has 1 N–H and O–H groups in total. The zero-order valence-electron chi connectivity index (χ0n) is 17.6. The third-order valence-electron chi connectivity index (χ3n) is 4.50. The molecule has 0 atom stereocenters. The van der Waals surface area contributed by atoms with E-state index in [1.807, 2.05) is 48.5 Å². The second-order valence-corrected chi connectivity index (χ2v) is 7.03. The Hall–Kier alpha value is -3.86. The van der Waals surface area contributed by atoms with Crippen molar-refractivity contribution in [1.82, 2.24) is 5.43 Å². The number of hydrogen-bond acceptors (Lipinski definition) is 4. The highest BCUT2D eigenvalue weighted by atomic mass is 16.5. The predicted molar refractivity (Wildman–Crippen MR) is 124 cm³/mol. The summed E-state index contributed by atoms with van der Waals surface area (Å²) in [5, 5.41) is 3.98. The Morgan fingerprint density at radius 3 is 2.48 bits per heavy atom. The molecule has 0 fully saturated rings. The van der Waals surface area contributed by atoms with Gasteiger partial charge in [-0.1, -0.05) is 54.1 Å². The minimum absolute atomic E-state index is 0.114. The lowest BCUT2D eigenvalue weighted by atomic mass is 10.1. The van der Waals surface area contributed by atoms with Gasteiger partial charge in [0.15, 0.2) is 6.61 Å². The van der Waals surface area contributed by atoms with Crippen molar-refractivity contribution in [3.8, 4) is 11.5 Å². The van der Waals surface area contributed by atoms with Gasteiger partial charge < -0.3 is 9.47 Å². The summed E-state index contributed by atoms with van der Waals surface area (Å²) in [6.45, 7) is 6.19. The number of nitrogens with zero attached hydrogens (tertiary/aromatic N) is 1. The van der Waals surface area contributed by atoms with Crippen LogP contribution in [0.3, 0.4) is 0 Å². The molecule has 3 aromatic rings. The Labute approximate surface area is 183 Å². The first-order valence-corrected chi connectivity index (χ1v) is 10.1. The lowest BCUT2D eigenvalue weighted by molar-refractivity contribution is -0.123. The topological polar surface area (TPSA) is 59.9 Å². The van der Waals surface area contributed by atoms with Crippen molar-refractivity contribution in [2.24, 2.45) is 5.10 Å². The lowest BCUT2D eigenvalue weighted by Crippen LogP contribution is -2.24. The number of benzene rings is 3. The van der Waals surface area contributed by atoms with Crippen LogP contribution in [-0.4, -0.2) is 18.7 Å². The van der Waals surface area contributed by atoms with Gasteiger partial charge in [0.05, 0.1) is 6.21 Å². The molecule has 0 spiro atoms. The minimum atomic E-state index is -0.331. The molecule has 0 aliphatic rings. The number of hydrogen-bond donors (Lipinski definition) is 1. The average Bonchev–Trinajstić information content (AvgIpc) is 2.79. The Morgan fingerprint density at radius 2 is 1.74 bits per heavy atom. The van der Waals surface area contributed by atoms with E-state index in [9.17, 15) is 4.79 Å². The number of carbonyl (C=O) groups is 1. The smallest absolute Gasteiger partial charge is 0.277 e. The number of hydrazone groups is 1. The number of para-hydroxylation sites is 1. The van der Waals surface area contributed by atoms with Crippen molar-refractivity contribution in [3.05, 3.63) is 108 Å². The van der Waals surface area contributed by atoms with Crippen molar-refractivity contribution in [3.63, 3.8) is 0 Å². The Bertz CT molecular complexity index is 1030. The Balaban J connectivity index is 1.43. The Kier molecular flexibility index (Phi) is 8.00. The molecule has 0 bridgehead atoms. The largest absolute Gasteiger partial charge is 0.489 e. The fourth-order valence-electron chi connectivity index (χ4n) is 2.82. The van der Waals surface area contributed by atoms with E-state index in [1.165, 1.54) is 5.56 Å². The summed E-state index contributed by atoms with van der Waals surface area (Å²) < 4.78 is 11.4. The van der Waals surface area contributed by atoms with Gasteiger partial charge in [0.1, 0.15) is 18.1 Å². The molecule has 3 rings (SSSR count). The quantitative estimate of drug-likeness (QED) is 0.294. The molecule has 3 aromatic carbocycles. The van der Waals surface area contributed by atoms with Gasteiger partial charge in [0.25, 0.3) is 5.91 Å². The molecule has 0 heterocycles. The summed E-state index contributed by atoms with van der Waals surface area (Å²) >= 11 is 0. The molecule has 0 aliphatic heterocycles. The van der Waals surface area contributed by atoms with Crippen LogP contribution in [0.2, 0.25) is 0 Å². The van der Waals surface area contributed by atoms with Gasteiger partial charge in [0, 0.05) is 0 Å². The molecule has 1 amide bonds. The summed E-state index contributed by atoms with van der Waals surface area (Å²) in [7, 11) is 0. The van der Waals surface area contributed by atoms with Crippen molar-refractivity contribution >= 4 is 12.1 Å². The average molecular weight is 415 g/mol. The molecule has 5 nitrogen and oxygen atoms in total. The van der Waals surface area contributed by atoms with E-state index in [1.54, 1.807) is 12.3 Å². The van der Waals surface area contributed by atoms with E-state index in [0.717, 1.165) is 22.4 Å². The van der Waals surface area contributed by atoms with Gasteiger partial charge in [-0.3, -0.25) is 4.79 Å². The van der Waals surface area contributed by atoms with Crippen LogP contribution in [0.4, 0.5) is 0 Å². The second-order valence-electron chi connectivity index (χ2n) is 7.03. The molecule has 0 aliphatic carbocycles. The molecular weight excluding hydrogens is 388 g/mol. The number of aryl methyl sites for hydroxylation is 1. The molecule has 0 saturated carbocycles. The van der Waals surface area contributed by atoms with Crippen LogP contribution in [0.1, 0.15) is 22.3 Å². The van der Waals surface area contributed by atoms with Gasteiger partial charge in [-0.25, -0.2) is 5.43 Å². The molecule has 0 unspecified atom stereocenters. The van der Waals surface area contributed by atoms with Gasteiger partial charge in [0.2, 0.25) is 0 Å². The molecule has 158 valence electrons. The van der Waals surface area contributed by atoms with E-state index in [2.05, 4.69) is 48.3 Å². The highest BCUT2D eigenvalue weighted by Crippen LogP contribution is 2.18. The molecular formula is C26H26N2O3. The van der Waals surface area contributed by atoms with Crippen LogP contribution in [0.25, 0.3) is 0 Å². The summed E-state index contributed by atoms with van der Waals surface area (Å²) in [6.07, 6.45) is 4.05. The van der Waals surface area contributed by atoms with Crippen LogP contribution >= 0.6 is 0 Å². The first-order chi connectivity index (χ1) is 15.1. The van der Waals surface area contributed by atoms with Crippen LogP contribution in [0, 0.1) is 6.92 Å². The molecule has 0 aromatic heterocycles. The number of amides is 1. The van der Waals surface area contributed by atoms with Crippen LogP contribution in [-0.2, 0) is 17.8 Å². The fourth-order valence-corrected chi connectivity index (χ4v) is 2.82. The maximum atomic E-state index is 12.0. The van der Waals surface area contributed by atoms with Gasteiger partial charge in [-0.2, -0.15) is 5.10 Å². The Morgan fingerprint density at radius 1 is 1.00 bits per heavy atom. The molecule has 0 saturated heterocycles. The molecule has 0 radical (unpaired) electrons. The predicted octanol–water partition coefficient (Wildman–Crippen LogP) is 4.83. The van der Waals surface area contributed by atoms with E-state index >= 15 is 0 Å². The number of ether oxygens (including phenoxy) is 2. The summed E-state index contributed by atoms with van der Waals surface area (Å²) in [5.41, 5.74) is 6.65. The standard InChI is InChI=1S/C26H26N2O3/c1-3-6-23-7-4-5-8-25(23)31-19-26(29)28-27-17-21-13-15-24(16-14-21)30-18-22-11-9-20(2)10-12-22/h3-5,7-17H,1,6,18-19H2,2H3,(H,28,29)/b27-17-. The van der Waals surface area contributed by atoms with Crippen molar-refractivity contribution in [2.45, 2.75) is 20.0 Å². The highest BCUT2D eigenvalue weighted by Gasteiger charge is 2.05. The SMILES string of the molecule is C=CCc1ccccc1OCC(=O)N/N=C\c1ccc(OCc2ccc(C)cc2)cc1. The number of allylic oxidation sites excluding steroid dienone is 1. The summed E-state index contributed by atoms with van der Waals surface area (Å²) in [4.78, 5) is 12.0. The van der Waals surface area contributed by atoms with E-state index < -0.39 is 0 Å². The van der Waals surface area contributed by atoms with Crippen molar-refractivity contribution in [2.75, 3.05) is 6.61 Å². The van der Waals surface area contributed by atoms with Crippen molar-refractivity contribution < 1.29 is 14.3 Å². The highest BCUT2D eigenvalue weighted by molar-refractivity contribution is 5.83. The molecule has 5 heteroatoms. The monoisotopic (exact) mass is 414 g/mol. The number of nitrogens with one attached hydrogen (secondary N) is 1. The van der Waals surface area contributed by atoms with Crippen LogP contribution in [0.5, 0.6) is 11.5 Å². The van der Waals surface area contributed by atoms with Crippen molar-refractivity contribution in [1.29, 1.82) is 0 Å². The van der Waals surface area contributed by atoms with Crippen LogP contribution in [0.15, 0.2) is 90.6 Å². The second kappa shape index (κ2) is 11.4. The molecule has 31 heavy (non-hydrogen) atoms. The summed E-state index contributed by atoms with van der Waals surface area (Å²) in [5.74, 6) is 1.11. The minimum Gasteiger partial charge on any atom is -0.489 e. The third-order valence-corrected chi connectivity index (χ3v) is 4.50. The maximum Gasteiger partial charge on any atom is 0.277 e. The van der Waals surface area contributed by atoms with Gasteiger partial charge >= 0.3 is 0 Å². The lowest BCUT2D eigenvalue weighted by Gasteiger charge is -2.09. The zero-order chi connectivity index (χ0) is 21.9. The van der Waals surface area contributed by atoms with Crippen LogP contribution < -0.4 is 14.9 Å². The number of carbonyl (C=O) groups excluding carboxylic acids is 1. The normalized spacial score (nSPS) is 10.6. The fraction of sp³-hybridized carbons (Fsp3) is 0.154. The number of rotatable bonds is 10. The van der Waals surface area contributed by atoms with E-state index in [-0.39, 0.29) is 12.5 Å². The van der Waals surface area contributed by atoms with Gasteiger partial charge in [-0.15, -0.1) is 6.58 Å². The summed E-state index contributed by atoms with van der Waals surface area (Å²) in [6, 6.07) is 23.3. The third kappa shape index (κ3) is 7.16. The zero-order valence-corrected chi connectivity index (χ0v) is 17.6. The van der Waals surface area contributed by atoms with E-state index in [0.29, 0.717) is 18.8 Å². The first-order valence-electron chi connectivity index (χ1n) is 10.1. The van der Waals surface area contributed by atoms with Gasteiger partial charge in [-0.05, 0) is 60.4 Å². The maximum absolute atomic E-state index is 12.0. The van der Waals surface area contributed by atoms with E-state index in [4.69, 9.17) is 9.47 Å².